The molecular formula is C14H16N2O3. The van der Waals surface area contributed by atoms with Crippen LogP contribution in [0.15, 0.2) is 29.1 Å². The van der Waals surface area contributed by atoms with Gasteiger partial charge in [0.1, 0.15) is 12.3 Å². The number of carbonyl (C=O) groups excluding carboxylic acids is 1. The van der Waals surface area contributed by atoms with Crippen molar-refractivity contribution >= 4 is 11.6 Å². The zero-order valence-electron chi connectivity index (χ0n) is 11.2. The molecule has 0 aromatic carbocycles. The van der Waals surface area contributed by atoms with E-state index in [0.29, 0.717) is 11.3 Å². The molecule has 2 aromatic heterocycles. The van der Waals surface area contributed by atoms with Gasteiger partial charge in [0, 0.05) is 11.8 Å². The minimum Gasteiger partial charge on any atom is -0.459 e. The van der Waals surface area contributed by atoms with E-state index in [2.05, 4.69) is 4.98 Å². The summed E-state index contributed by atoms with van der Waals surface area (Å²) in [5.41, 5.74) is 1.67. The Morgan fingerprint density at radius 3 is 2.84 bits per heavy atom. The van der Waals surface area contributed by atoms with Gasteiger partial charge in [-0.15, -0.1) is 0 Å². The fourth-order valence-electron chi connectivity index (χ4n) is 1.75. The second-order valence-electron chi connectivity index (χ2n) is 4.71. The quantitative estimate of drug-likeness (QED) is 0.788. The molecule has 0 amide bonds. The third-order valence-corrected chi connectivity index (χ3v) is 2.77. The van der Waals surface area contributed by atoms with Crippen molar-refractivity contribution in [3.63, 3.8) is 0 Å². The van der Waals surface area contributed by atoms with Crippen LogP contribution in [0.5, 0.6) is 0 Å². The predicted octanol–water partition coefficient (Wildman–Crippen LogP) is 1.70. The highest BCUT2D eigenvalue weighted by molar-refractivity contribution is 5.71. The largest absolute Gasteiger partial charge is 0.459 e. The zero-order chi connectivity index (χ0) is 14.0. The van der Waals surface area contributed by atoms with Gasteiger partial charge in [-0.05, 0) is 19.1 Å². The smallest absolute Gasteiger partial charge is 0.308 e. The van der Waals surface area contributed by atoms with Crippen LogP contribution in [-0.2, 0) is 16.1 Å². The lowest BCUT2D eigenvalue weighted by atomic mass is 10.2. The number of nitrogens with zero attached hydrogens (tertiary/aromatic N) is 2. The number of ether oxygens (including phenoxy) is 1. The Morgan fingerprint density at radius 1 is 1.42 bits per heavy atom. The van der Waals surface area contributed by atoms with Crippen LogP contribution >= 0.6 is 0 Å². The van der Waals surface area contributed by atoms with Crippen LogP contribution < -0.4 is 5.56 Å². The van der Waals surface area contributed by atoms with E-state index < -0.39 is 0 Å². The van der Waals surface area contributed by atoms with Crippen LogP contribution in [0.4, 0.5) is 0 Å². The summed E-state index contributed by atoms with van der Waals surface area (Å²) in [5.74, 6) is -0.491. The van der Waals surface area contributed by atoms with Crippen molar-refractivity contribution < 1.29 is 9.53 Å². The second kappa shape index (κ2) is 5.22. The standard InChI is InChI=1S/C14H16N2O3/c1-9(2)14(18)19-8-11-7-13(17)16-10(3)5-4-6-12(16)15-11/h4-7,9H,8H2,1-3H3. The van der Waals surface area contributed by atoms with Gasteiger partial charge in [0.15, 0.2) is 0 Å². The molecule has 19 heavy (non-hydrogen) atoms. The minimum atomic E-state index is -0.300. The second-order valence-corrected chi connectivity index (χ2v) is 4.71. The number of aromatic nitrogens is 2. The van der Waals surface area contributed by atoms with Crippen molar-refractivity contribution in [3.8, 4) is 0 Å². The van der Waals surface area contributed by atoms with E-state index >= 15 is 0 Å². The van der Waals surface area contributed by atoms with Gasteiger partial charge in [0.05, 0.1) is 11.6 Å². The molecule has 0 aliphatic heterocycles. The summed E-state index contributed by atoms with van der Waals surface area (Å²) in [5, 5.41) is 0. The molecule has 0 atom stereocenters. The average molecular weight is 260 g/mol. The Kier molecular flexibility index (Phi) is 3.64. The molecule has 0 aliphatic rings. The predicted molar refractivity (Wildman–Crippen MR) is 70.8 cm³/mol. The Balaban J connectivity index is 2.32. The van der Waals surface area contributed by atoms with Crippen LogP contribution in [0.25, 0.3) is 5.65 Å². The van der Waals surface area contributed by atoms with Gasteiger partial charge in [0.25, 0.3) is 5.56 Å². The van der Waals surface area contributed by atoms with Crippen molar-refractivity contribution in [2.45, 2.75) is 27.4 Å². The SMILES string of the molecule is Cc1cccc2nc(COC(=O)C(C)C)cc(=O)n12. The first kappa shape index (κ1) is 13.3. The first-order chi connectivity index (χ1) is 8.99. The van der Waals surface area contributed by atoms with Crippen molar-refractivity contribution in [2.75, 3.05) is 0 Å². The lowest BCUT2D eigenvalue weighted by molar-refractivity contribution is -0.148. The van der Waals surface area contributed by atoms with Crippen LogP contribution in [0.3, 0.4) is 0 Å². The van der Waals surface area contributed by atoms with Crippen molar-refractivity contribution in [1.82, 2.24) is 9.38 Å². The number of hydrogen-bond acceptors (Lipinski definition) is 4. The number of aryl methyl sites for hydroxylation is 1. The van der Waals surface area contributed by atoms with Gasteiger partial charge in [-0.2, -0.15) is 0 Å². The molecular weight excluding hydrogens is 244 g/mol. The minimum absolute atomic E-state index is 0.0245. The summed E-state index contributed by atoms with van der Waals surface area (Å²) < 4.78 is 6.60. The maximum absolute atomic E-state index is 12.0. The van der Waals surface area contributed by atoms with Gasteiger partial charge in [-0.3, -0.25) is 14.0 Å². The van der Waals surface area contributed by atoms with Crippen molar-refractivity contribution in [1.29, 1.82) is 0 Å². The van der Waals surface area contributed by atoms with Gasteiger partial charge in [-0.25, -0.2) is 4.98 Å². The molecule has 0 radical (unpaired) electrons. The van der Waals surface area contributed by atoms with Crippen LogP contribution in [-0.4, -0.2) is 15.4 Å². The summed E-state index contributed by atoms with van der Waals surface area (Å²) in [6.07, 6.45) is 0. The lowest BCUT2D eigenvalue weighted by Gasteiger charge is -2.08. The zero-order valence-corrected chi connectivity index (χ0v) is 11.2. The third-order valence-electron chi connectivity index (χ3n) is 2.77. The molecule has 0 fully saturated rings. The number of hydrogen-bond donors (Lipinski definition) is 0. The number of carbonyl (C=O) groups is 1. The molecule has 5 heteroatoms. The summed E-state index contributed by atoms with van der Waals surface area (Å²) >= 11 is 0. The number of esters is 1. The van der Waals surface area contributed by atoms with E-state index in [-0.39, 0.29) is 24.1 Å². The molecule has 2 heterocycles. The third kappa shape index (κ3) is 2.81. The average Bonchev–Trinajstić information content (AvgIpc) is 2.35. The van der Waals surface area contributed by atoms with Crippen LogP contribution in [0.1, 0.15) is 25.2 Å². The first-order valence-corrected chi connectivity index (χ1v) is 6.14. The fraction of sp³-hybridized carbons (Fsp3) is 0.357. The highest BCUT2D eigenvalue weighted by Crippen LogP contribution is 2.05. The molecule has 0 saturated heterocycles. The number of pyridine rings is 1. The van der Waals surface area contributed by atoms with E-state index in [9.17, 15) is 9.59 Å². The van der Waals surface area contributed by atoms with E-state index in [1.807, 2.05) is 19.1 Å². The van der Waals surface area contributed by atoms with E-state index in [1.165, 1.54) is 10.5 Å². The molecule has 0 N–H and O–H groups in total. The maximum Gasteiger partial charge on any atom is 0.308 e. The molecule has 2 aromatic rings. The van der Waals surface area contributed by atoms with Crippen molar-refractivity contribution in [2.24, 2.45) is 5.92 Å². The number of fused-ring (bicyclic) bond motifs is 1. The first-order valence-electron chi connectivity index (χ1n) is 6.14. The molecule has 0 spiro atoms. The van der Waals surface area contributed by atoms with Crippen molar-refractivity contribution in [3.05, 3.63) is 46.0 Å². The Hall–Kier alpha value is -2.17. The molecule has 0 aliphatic carbocycles. The molecule has 5 nitrogen and oxygen atoms in total. The van der Waals surface area contributed by atoms with Crippen LogP contribution in [0.2, 0.25) is 0 Å². The lowest BCUT2D eigenvalue weighted by Crippen LogP contribution is -2.19. The summed E-state index contributed by atoms with van der Waals surface area (Å²) in [7, 11) is 0. The van der Waals surface area contributed by atoms with E-state index in [4.69, 9.17) is 4.74 Å². The number of rotatable bonds is 3. The summed E-state index contributed by atoms with van der Waals surface area (Å²) in [4.78, 5) is 27.7. The normalized spacial score (nSPS) is 10.9. The Labute approximate surface area is 110 Å². The Morgan fingerprint density at radius 2 is 2.16 bits per heavy atom. The fourth-order valence-corrected chi connectivity index (χ4v) is 1.75. The highest BCUT2D eigenvalue weighted by Gasteiger charge is 2.10. The topological polar surface area (TPSA) is 60.7 Å². The molecule has 0 unspecified atom stereocenters. The molecule has 2 rings (SSSR count). The monoisotopic (exact) mass is 260 g/mol. The summed E-state index contributed by atoms with van der Waals surface area (Å²) in [6, 6.07) is 6.82. The van der Waals surface area contributed by atoms with E-state index in [1.54, 1.807) is 19.9 Å². The molecule has 0 saturated carbocycles. The summed E-state index contributed by atoms with van der Waals surface area (Å²) in [6.45, 7) is 5.38. The van der Waals surface area contributed by atoms with Crippen LogP contribution in [0, 0.1) is 12.8 Å². The maximum atomic E-state index is 12.0. The van der Waals surface area contributed by atoms with Gasteiger partial charge in [-0.1, -0.05) is 19.9 Å². The van der Waals surface area contributed by atoms with E-state index in [0.717, 1.165) is 5.69 Å². The van der Waals surface area contributed by atoms with Gasteiger partial charge < -0.3 is 4.74 Å². The highest BCUT2D eigenvalue weighted by atomic mass is 16.5. The molecule has 100 valence electrons. The Bertz CT molecular complexity index is 674. The van der Waals surface area contributed by atoms with Gasteiger partial charge in [0.2, 0.25) is 0 Å². The van der Waals surface area contributed by atoms with Gasteiger partial charge >= 0.3 is 5.97 Å². The molecule has 0 bridgehead atoms.